The number of pyridine rings is 1. The minimum atomic E-state index is -0.0622. The fourth-order valence-corrected chi connectivity index (χ4v) is 4.73. The summed E-state index contributed by atoms with van der Waals surface area (Å²) in [5.41, 5.74) is 3.89. The summed E-state index contributed by atoms with van der Waals surface area (Å²) in [6, 6.07) is 19.4. The molecule has 1 saturated heterocycles. The molecular formula is C29H31N5O3. The highest BCUT2D eigenvalue weighted by Gasteiger charge is 2.27. The van der Waals surface area contributed by atoms with E-state index in [1.54, 1.807) is 13.3 Å². The van der Waals surface area contributed by atoms with Crippen molar-refractivity contribution in [2.45, 2.75) is 26.3 Å². The average Bonchev–Trinajstić information content (AvgIpc) is 3.37. The Labute approximate surface area is 216 Å². The van der Waals surface area contributed by atoms with E-state index >= 15 is 0 Å². The first-order valence-electron chi connectivity index (χ1n) is 12.6. The third kappa shape index (κ3) is 5.05. The molecule has 1 fully saturated rings. The molecular weight excluding hydrogens is 466 g/mol. The van der Waals surface area contributed by atoms with Crippen molar-refractivity contribution < 1.29 is 14.3 Å². The SMILES string of the molecule is COc1cccc(CC(=O)N2CCN(C(=O)c3cc(-c4ccccc4)nc4c3cnn4C(C)C)CC2)c1. The zero-order valence-electron chi connectivity index (χ0n) is 21.4. The summed E-state index contributed by atoms with van der Waals surface area (Å²) in [5.74, 6) is 0.726. The molecule has 0 bridgehead atoms. The molecule has 4 aromatic rings. The van der Waals surface area contributed by atoms with Crippen LogP contribution in [0.2, 0.25) is 0 Å². The second-order valence-electron chi connectivity index (χ2n) is 9.54. The van der Waals surface area contributed by atoms with Crippen LogP contribution in [0.25, 0.3) is 22.3 Å². The van der Waals surface area contributed by atoms with E-state index in [9.17, 15) is 9.59 Å². The van der Waals surface area contributed by atoms with Gasteiger partial charge in [0.05, 0.1) is 36.4 Å². The Bertz CT molecular complexity index is 1420. The second kappa shape index (κ2) is 10.4. The first-order chi connectivity index (χ1) is 17.9. The van der Waals surface area contributed by atoms with Crippen LogP contribution in [0, 0.1) is 0 Å². The van der Waals surface area contributed by atoms with E-state index in [-0.39, 0.29) is 17.9 Å². The minimum Gasteiger partial charge on any atom is -0.497 e. The van der Waals surface area contributed by atoms with Gasteiger partial charge in [0.15, 0.2) is 5.65 Å². The quantitative estimate of drug-likeness (QED) is 0.399. The van der Waals surface area contributed by atoms with Crippen molar-refractivity contribution in [2.75, 3.05) is 33.3 Å². The second-order valence-corrected chi connectivity index (χ2v) is 9.54. The molecule has 1 aliphatic heterocycles. The van der Waals surface area contributed by atoms with E-state index < -0.39 is 0 Å². The lowest BCUT2D eigenvalue weighted by molar-refractivity contribution is -0.131. The molecule has 2 aromatic carbocycles. The van der Waals surface area contributed by atoms with Crippen molar-refractivity contribution in [3.63, 3.8) is 0 Å². The Balaban J connectivity index is 1.35. The first kappa shape index (κ1) is 24.5. The number of hydrogen-bond acceptors (Lipinski definition) is 5. The van der Waals surface area contributed by atoms with Gasteiger partial charge in [0, 0.05) is 37.8 Å². The predicted octanol–water partition coefficient (Wildman–Crippen LogP) is 4.21. The Morgan fingerprint density at radius 3 is 2.38 bits per heavy atom. The number of benzene rings is 2. The van der Waals surface area contributed by atoms with E-state index in [2.05, 4.69) is 5.10 Å². The number of piperazine rings is 1. The lowest BCUT2D eigenvalue weighted by atomic mass is 10.1. The number of carbonyl (C=O) groups excluding carboxylic acids is 2. The van der Waals surface area contributed by atoms with Crippen LogP contribution < -0.4 is 4.74 Å². The maximum absolute atomic E-state index is 13.8. The van der Waals surface area contributed by atoms with Gasteiger partial charge in [-0.15, -0.1) is 0 Å². The molecule has 5 rings (SSSR count). The van der Waals surface area contributed by atoms with Crippen molar-refractivity contribution in [3.8, 4) is 17.0 Å². The molecule has 190 valence electrons. The Morgan fingerprint density at radius 1 is 0.946 bits per heavy atom. The number of fused-ring (bicyclic) bond motifs is 1. The molecule has 0 atom stereocenters. The Hall–Kier alpha value is -4.20. The van der Waals surface area contributed by atoms with Gasteiger partial charge in [-0.05, 0) is 37.6 Å². The number of rotatable bonds is 6. The molecule has 2 aromatic heterocycles. The molecule has 1 aliphatic rings. The van der Waals surface area contributed by atoms with Crippen molar-refractivity contribution in [1.29, 1.82) is 0 Å². The van der Waals surface area contributed by atoms with Gasteiger partial charge in [-0.2, -0.15) is 5.10 Å². The number of amides is 2. The van der Waals surface area contributed by atoms with E-state index in [1.165, 1.54) is 0 Å². The Kier molecular flexibility index (Phi) is 6.90. The molecule has 0 unspecified atom stereocenters. The van der Waals surface area contributed by atoms with Gasteiger partial charge < -0.3 is 14.5 Å². The molecule has 2 amide bonds. The van der Waals surface area contributed by atoms with Crippen LogP contribution in [0.1, 0.15) is 35.8 Å². The average molecular weight is 498 g/mol. The smallest absolute Gasteiger partial charge is 0.254 e. The van der Waals surface area contributed by atoms with Crippen molar-refractivity contribution in [1.82, 2.24) is 24.6 Å². The molecule has 0 aliphatic carbocycles. The van der Waals surface area contributed by atoms with E-state index in [4.69, 9.17) is 9.72 Å². The van der Waals surface area contributed by atoms with Gasteiger partial charge in [0.25, 0.3) is 5.91 Å². The zero-order valence-corrected chi connectivity index (χ0v) is 21.4. The zero-order chi connectivity index (χ0) is 25.9. The Morgan fingerprint density at radius 2 is 1.68 bits per heavy atom. The standard InChI is InChI=1S/C29H31N5O3/c1-20(2)34-28-25(19-30-34)24(18-26(31-28)22-9-5-4-6-10-22)29(36)33-14-12-32(13-15-33)27(35)17-21-8-7-11-23(16-21)37-3/h4-11,16,18-20H,12-15,17H2,1-3H3. The van der Waals surface area contributed by atoms with Crippen molar-refractivity contribution in [2.24, 2.45) is 0 Å². The molecule has 0 spiro atoms. The van der Waals surface area contributed by atoms with Crippen LogP contribution in [0.4, 0.5) is 0 Å². The van der Waals surface area contributed by atoms with Gasteiger partial charge in [-0.25, -0.2) is 9.67 Å². The van der Waals surface area contributed by atoms with Crippen LogP contribution in [-0.2, 0) is 11.2 Å². The molecule has 8 heteroatoms. The fraction of sp³-hybridized carbons (Fsp3) is 0.310. The van der Waals surface area contributed by atoms with Gasteiger partial charge in [-0.1, -0.05) is 42.5 Å². The van der Waals surface area contributed by atoms with Crippen LogP contribution in [0.15, 0.2) is 66.9 Å². The van der Waals surface area contributed by atoms with Crippen LogP contribution in [0.3, 0.4) is 0 Å². The van der Waals surface area contributed by atoms with Crippen LogP contribution >= 0.6 is 0 Å². The number of nitrogens with zero attached hydrogens (tertiary/aromatic N) is 5. The monoisotopic (exact) mass is 497 g/mol. The van der Waals surface area contributed by atoms with Crippen LogP contribution in [-0.4, -0.2) is 69.7 Å². The number of hydrogen-bond donors (Lipinski definition) is 0. The highest BCUT2D eigenvalue weighted by molar-refractivity contribution is 6.06. The summed E-state index contributed by atoms with van der Waals surface area (Å²) in [6.07, 6.45) is 2.04. The molecule has 0 N–H and O–H groups in total. The maximum Gasteiger partial charge on any atom is 0.254 e. The summed E-state index contributed by atoms with van der Waals surface area (Å²) < 4.78 is 7.12. The molecule has 3 heterocycles. The molecule has 37 heavy (non-hydrogen) atoms. The summed E-state index contributed by atoms with van der Waals surface area (Å²) in [5, 5.41) is 5.27. The molecule has 8 nitrogen and oxygen atoms in total. The molecule has 0 saturated carbocycles. The van der Waals surface area contributed by atoms with Gasteiger partial charge >= 0.3 is 0 Å². The number of carbonyl (C=O) groups is 2. The number of aromatic nitrogens is 3. The van der Waals surface area contributed by atoms with Crippen LogP contribution in [0.5, 0.6) is 5.75 Å². The van der Waals surface area contributed by atoms with E-state index in [1.807, 2.05) is 89.0 Å². The summed E-state index contributed by atoms with van der Waals surface area (Å²) in [4.78, 5) is 35.2. The lowest BCUT2D eigenvalue weighted by Gasteiger charge is -2.35. The summed E-state index contributed by atoms with van der Waals surface area (Å²) >= 11 is 0. The molecule has 0 radical (unpaired) electrons. The normalized spacial score (nSPS) is 13.8. The topological polar surface area (TPSA) is 80.6 Å². The third-order valence-corrected chi connectivity index (χ3v) is 6.76. The highest BCUT2D eigenvalue weighted by Crippen LogP contribution is 2.27. The minimum absolute atomic E-state index is 0.0521. The van der Waals surface area contributed by atoms with E-state index in [0.29, 0.717) is 43.8 Å². The van der Waals surface area contributed by atoms with E-state index in [0.717, 1.165) is 28.0 Å². The van der Waals surface area contributed by atoms with Crippen molar-refractivity contribution in [3.05, 3.63) is 78.0 Å². The predicted molar refractivity (Wildman–Crippen MR) is 143 cm³/mol. The lowest BCUT2D eigenvalue weighted by Crippen LogP contribution is -2.51. The van der Waals surface area contributed by atoms with Crippen molar-refractivity contribution >= 4 is 22.8 Å². The third-order valence-electron chi connectivity index (χ3n) is 6.76. The van der Waals surface area contributed by atoms with Gasteiger partial charge in [-0.3, -0.25) is 9.59 Å². The fourth-order valence-electron chi connectivity index (χ4n) is 4.73. The number of methoxy groups -OCH3 is 1. The largest absolute Gasteiger partial charge is 0.497 e. The number of ether oxygens (including phenoxy) is 1. The highest BCUT2D eigenvalue weighted by atomic mass is 16.5. The van der Waals surface area contributed by atoms with Gasteiger partial charge in [0.1, 0.15) is 5.75 Å². The van der Waals surface area contributed by atoms with Gasteiger partial charge in [0.2, 0.25) is 5.91 Å². The summed E-state index contributed by atoms with van der Waals surface area (Å²) in [7, 11) is 1.62. The summed E-state index contributed by atoms with van der Waals surface area (Å²) in [6.45, 7) is 6.05. The first-order valence-corrected chi connectivity index (χ1v) is 12.6. The maximum atomic E-state index is 13.8.